The summed E-state index contributed by atoms with van der Waals surface area (Å²) in [6.45, 7) is 1.58. The SMILES string of the molecule is COc1nc2nonc2cc1Nc1cc(C)cc(C(F)(F)F)c1. The zero-order chi connectivity index (χ0) is 16.6. The molecule has 0 unspecified atom stereocenters. The molecular formula is C14H11F3N4O2. The Kier molecular flexibility index (Phi) is 3.55. The summed E-state index contributed by atoms with van der Waals surface area (Å²) in [5.74, 6) is 0.170. The summed E-state index contributed by atoms with van der Waals surface area (Å²) in [5, 5.41) is 10.1. The van der Waals surface area contributed by atoms with Gasteiger partial charge in [-0.3, -0.25) is 0 Å². The van der Waals surface area contributed by atoms with Crippen molar-refractivity contribution < 1.29 is 22.5 Å². The summed E-state index contributed by atoms with van der Waals surface area (Å²) in [4.78, 5) is 4.07. The molecule has 120 valence electrons. The maximum atomic E-state index is 12.9. The minimum absolute atomic E-state index is 0.170. The van der Waals surface area contributed by atoms with Crippen LogP contribution < -0.4 is 10.1 Å². The van der Waals surface area contributed by atoms with Gasteiger partial charge in [-0.05, 0) is 41.0 Å². The van der Waals surface area contributed by atoms with Crippen LogP contribution in [0.15, 0.2) is 28.9 Å². The number of alkyl halides is 3. The maximum absolute atomic E-state index is 12.9. The standard InChI is InChI=1S/C14H11F3N4O2/c1-7-3-8(14(15,16)17)5-9(4-7)18-11-6-10-12(21-23-20-10)19-13(11)22-2/h3-6,18H,1-2H3. The highest BCUT2D eigenvalue weighted by molar-refractivity contribution is 5.78. The van der Waals surface area contributed by atoms with Crippen molar-refractivity contribution >= 4 is 22.5 Å². The highest BCUT2D eigenvalue weighted by Gasteiger charge is 2.31. The highest BCUT2D eigenvalue weighted by Crippen LogP contribution is 2.34. The molecule has 9 heteroatoms. The van der Waals surface area contributed by atoms with Gasteiger partial charge in [-0.1, -0.05) is 0 Å². The molecule has 0 saturated carbocycles. The van der Waals surface area contributed by atoms with Gasteiger partial charge in [0.05, 0.1) is 12.7 Å². The van der Waals surface area contributed by atoms with Crippen molar-refractivity contribution in [2.45, 2.75) is 13.1 Å². The molecule has 6 nitrogen and oxygen atoms in total. The molecule has 0 radical (unpaired) electrons. The van der Waals surface area contributed by atoms with Gasteiger partial charge >= 0.3 is 6.18 Å². The second-order valence-electron chi connectivity index (χ2n) is 4.86. The number of benzene rings is 1. The number of aromatic nitrogens is 3. The molecule has 0 aliphatic carbocycles. The number of hydrogen-bond acceptors (Lipinski definition) is 6. The number of pyridine rings is 1. The third-order valence-corrected chi connectivity index (χ3v) is 3.09. The Bertz CT molecular complexity index is 861. The van der Waals surface area contributed by atoms with Gasteiger partial charge in [0, 0.05) is 11.8 Å². The first-order chi connectivity index (χ1) is 10.9. The number of fused-ring (bicyclic) bond motifs is 1. The van der Waals surface area contributed by atoms with Gasteiger partial charge in [0.15, 0.2) is 5.52 Å². The molecule has 1 N–H and O–H groups in total. The van der Waals surface area contributed by atoms with E-state index < -0.39 is 11.7 Å². The third-order valence-electron chi connectivity index (χ3n) is 3.09. The fourth-order valence-corrected chi connectivity index (χ4v) is 2.13. The number of nitrogens with zero attached hydrogens (tertiary/aromatic N) is 3. The Labute approximate surface area is 128 Å². The Balaban J connectivity index is 2.03. The molecule has 2 heterocycles. The largest absolute Gasteiger partial charge is 0.479 e. The van der Waals surface area contributed by atoms with E-state index in [0.29, 0.717) is 16.8 Å². The van der Waals surface area contributed by atoms with E-state index in [0.717, 1.165) is 12.1 Å². The maximum Gasteiger partial charge on any atom is 0.416 e. The molecule has 0 saturated heterocycles. The van der Waals surface area contributed by atoms with Crippen molar-refractivity contribution in [2.24, 2.45) is 0 Å². The van der Waals surface area contributed by atoms with Crippen molar-refractivity contribution in [3.63, 3.8) is 0 Å². The lowest BCUT2D eigenvalue weighted by Gasteiger charge is -2.13. The van der Waals surface area contributed by atoms with Gasteiger partial charge < -0.3 is 10.1 Å². The minimum atomic E-state index is -4.43. The molecule has 2 aromatic heterocycles. The van der Waals surface area contributed by atoms with Crippen LogP contribution in [0.2, 0.25) is 0 Å². The highest BCUT2D eigenvalue weighted by atomic mass is 19.4. The minimum Gasteiger partial charge on any atom is -0.479 e. The van der Waals surface area contributed by atoms with Crippen LogP contribution in [-0.2, 0) is 6.18 Å². The van der Waals surface area contributed by atoms with Crippen LogP contribution in [0, 0.1) is 6.92 Å². The van der Waals surface area contributed by atoms with Crippen LogP contribution in [0.5, 0.6) is 5.88 Å². The van der Waals surface area contributed by atoms with Gasteiger partial charge in [0.25, 0.3) is 0 Å². The van der Waals surface area contributed by atoms with Crippen LogP contribution in [0.25, 0.3) is 11.2 Å². The summed E-state index contributed by atoms with van der Waals surface area (Å²) >= 11 is 0. The zero-order valence-electron chi connectivity index (χ0n) is 12.1. The van der Waals surface area contributed by atoms with E-state index in [-0.39, 0.29) is 17.2 Å². The van der Waals surface area contributed by atoms with Crippen molar-refractivity contribution in [1.29, 1.82) is 0 Å². The predicted molar refractivity (Wildman–Crippen MR) is 75.6 cm³/mol. The average molecular weight is 324 g/mol. The number of nitrogens with one attached hydrogen (secondary N) is 1. The molecule has 1 aromatic carbocycles. The molecule has 0 aliphatic heterocycles. The summed E-state index contributed by atoms with van der Waals surface area (Å²) in [5.41, 5.74) is 0.946. The number of ether oxygens (including phenoxy) is 1. The van der Waals surface area contributed by atoms with Crippen LogP contribution in [0.3, 0.4) is 0 Å². The molecule has 0 spiro atoms. The molecular weight excluding hydrogens is 313 g/mol. The van der Waals surface area contributed by atoms with E-state index in [9.17, 15) is 13.2 Å². The van der Waals surface area contributed by atoms with E-state index in [2.05, 4.69) is 25.2 Å². The number of hydrogen-bond donors (Lipinski definition) is 1. The number of aryl methyl sites for hydroxylation is 1. The lowest BCUT2D eigenvalue weighted by molar-refractivity contribution is -0.137. The van der Waals surface area contributed by atoms with Crippen molar-refractivity contribution in [1.82, 2.24) is 15.3 Å². The lowest BCUT2D eigenvalue weighted by atomic mass is 10.1. The third kappa shape index (κ3) is 3.03. The predicted octanol–water partition coefficient (Wildman–Crippen LogP) is 3.70. The van der Waals surface area contributed by atoms with E-state index in [1.165, 1.54) is 13.2 Å². The molecule has 23 heavy (non-hydrogen) atoms. The summed E-state index contributed by atoms with van der Waals surface area (Å²) in [7, 11) is 1.39. The normalized spacial score (nSPS) is 11.7. The molecule has 0 fully saturated rings. The smallest absolute Gasteiger partial charge is 0.416 e. The van der Waals surface area contributed by atoms with E-state index in [1.54, 1.807) is 13.0 Å². The van der Waals surface area contributed by atoms with Gasteiger partial charge in [-0.25, -0.2) is 4.63 Å². The lowest BCUT2D eigenvalue weighted by Crippen LogP contribution is -2.06. The summed E-state index contributed by atoms with van der Waals surface area (Å²) < 4.78 is 48.4. The molecule has 0 bridgehead atoms. The van der Waals surface area contributed by atoms with E-state index >= 15 is 0 Å². The number of anilines is 2. The summed E-state index contributed by atoms with van der Waals surface area (Å²) in [6.07, 6.45) is -4.43. The fraction of sp³-hybridized carbons (Fsp3) is 0.214. The van der Waals surface area contributed by atoms with Crippen molar-refractivity contribution in [3.05, 3.63) is 35.4 Å². The monoisotopic (exact) mass is 324 g/mol. The van der Waals surface area contributed by atoms with Gasteiger partial charge in [0.2, 0.25) is 11.5 Å². The van der Waals surface area contributed by atoms with Gasteiger partial charge in [-0.2, -0.15) is 18.2 Å². The summed E-state index contributed by atoms with van der Waals surface area (Å²) in [6, 6.07) is 5.20. The zero-order valence-corrected chi connectivity index (χ0v) is 12.1. The van der Waals surface area contributed by atoms with Crippen LogP contribution in [0.1, 0.15) is 11.1 Å². The Morgan fingerprint density at radius 3 is 2.61 bits per heavy atom. The van der Waals surface area contributed by atoms with Crippen molar-refractivity contribution in [3.8, 4) is 5.88 Å². The molecule has 0 amide bonds. The Morgan fingerprint density at radius 1 is 1.13 bits per heavy atom. The molecule has 0 aliphatic rings. The fourth-order valence-electron chi connectivity index (χ4n) is 2.13. The van der Waals surface area contributed by atoms with Crippen molar-refractivity contribution in [2.75, 3.05) is 12.4 Å². The Hall–Kier alpha value is -2.84. The molecule has 3 aromatic rings. The number of methoxy groups -OCH3 is 1. The van der Waals surface area contributed by atoms with Gasteiger partial charge in [-0.15, -0.1) is 0 Å². The van der Waals surface area contributed by atoms with E-state index in [1.807, 2.05) is 0 Å². The first-order valence-electron chi connectivity index (χ1n) is 6.50. The number of rotatable bonds is 3. The van der Waals surface area contributed by atoms with Crippen LogP contribution >= 0.6 is 0 Å². The van der Waals surface area contributed by atoms with Crippen LogP contribution in [0.4, 0.5) is 24.5 Å². The Morgan fingerprint density at radius 2 is 1.91 bits per heavy atom. The first-order valence-corrected chi connectivity index (χ1v) is 6.50. The average Bonchev–Trinajstić information content (AvgIpc) is 2.92. The second kappa shape index (κ2) is 5.41. The molecule has 0 atom stereocenters. The molecule has 3 rings (SSSR count). The number of halogens is 3. The first kappa shape index (κ1) is 15.1. The topological polar surface area (TPSA) is 73.1 Å². The van der Waals surface area contributed by atoms with E-state index in [4.69, 9.17) is 4.74 Å². The second-order valence-corrected chi connectivity index (χ2v) is 4.86. The van der Waals surface area contributed by atoms with Crippen LogP contribution in [-0.4, -0.2) is 22.4 Å². The van der Waals surface area contributed by atoms with Gasteiger partial charge in [0.1, 0.15) is 5.69 Å². The quantitative estimate of drug-likeness (QED) is 0.792.